The lowest BCUT2D eigenvalue weighted by molar-refractivity contribution is 0.748. The number of rotatable bonds is 6. The lowest BCUT2D eigenvalue weighted by Gasteiger charge is -2.21. The standard InChI is InChI=1S/C17H18ClN7/c1-4-24(5-2)12-7-8-14(13(18)9-12)22-23-17-21-15(10-19)16(11-20)25(17)6-3/h7-9H,4-6H2,1-3H3. The summed E-state index contributed by atoms with van der Waals surface area (Å²) in [5.74, 6) is 0.208. The molecule has 0 aliphatic heterocycles. The van der Waals surface area contributed by atoms with E-state index in [0.717, 1.165) is 18.8 Å². The number of halogens is 1. The summed E-state index contributed by atoms with van der Waals surface area (Å²) in [5, 5.41) is 26.9. The Morgan fingerprint density at radius 3 is 2.40 bits per heavy atom. The molecule has 25 heavy (non-hydrogen) atoms. The van der Waals surface area contributed by atoms with E-state index in [0.29, 0.717) is 17.3 Å². The monoisotopic (exact) mass is 355 g/mol. The molecule has 0 aliphatic rings. The van der Waals surface area contributed by atoms with Crippen LogP contribution in [-0.4, -0.2) is 22.6 Å². The number of anilines is 1. The lowest BCUT2D eigenvalue weighted by Crippen LogP contribution is -2.21. The molecule has 0 atom stereocenters. The van der Waals surface area contributed by atoms with Crippen LogP contribution in [0.5, 0.6) is 0 Å². The van der Waals surface area contributed by atoms with Crippen molar-refractivity contribution in [3.63, 3.8) is 0 Å². The number of benzene rings is 1. The van der Waals surface area contributed by atoms with Crippen LogP contribution in [0.4, 0.5) is 17.3 Å². The van der Waals surface area contributed by atoms with Crippen molar-refractivity contribution in [1.82, 2.24) is 9.55 Å². The average molecular weight is 356 g/mol. The fourth-order valence-corrected chi connectivity index (χ4v) is 2.68. The van der Waals surface area contributed by atoms with Gasteiger partial charge in [-0.1, -0.05) is 11.6 Å². The van der Waals surface area contributed by atoms with Gasteiger partial charge in [0.1, 0.15) is 17.8 Å². The zero-order chi connectivity index (χ0) is 18.4. The largest absolute Gasteiger partial charge is 0.372 e. The van der Waals surface area contributed by atoms with Crippen molar-refractivity contribution in [2.24, 2.45) is 10.2 Å². The smallest absolute Gasteiger partial charge is 0.251 e. The second-order valence-electron chi connectivity index (χ2n) is 5.08. The van der Waals surface area contributed by atoms with E-state index in [1.165, 1.54) is 0 Å². The molecule has 128 valence electrons. The fourth-order valence-electron chi connectivity index (χ4n) is 2.47. The molecule has 0 saturated heterocycles. The predicted molar refractivity (Wildman–Crippen MR) is 96.5 cm³/mol. The highest BCUT2D eigenvalue weighted by Gasteiger charge is 2.15. The predicted octanol–water partition coefficient (Wildman–Crippen LogP) is 4.56. The van der Waals surface area contributed by atoms with Gasteiger partial charge in [0, 0.05) is 25.3 Å². The molecule has 0 radical (unpaired) electrons. The Hall–Kier alpha value is -2.90. The molecule has 0 amide bonds. The van der Waals surface area contributed by atoms with E-state index < -0.39 is 0 Å². The van der Waals surface area contributed by atoms with Gasteiger partial charge in [-0.3, -0.25) is 4.57 Å². The van der Waals surface area contributed by atoms with Crippen molar-refractivity contribution >= 4 is 28.9 Å². The number of hydrogen-bond acceptors (Lipinski definition) is 6. The number of hydrogen-bond donors (Lipinski definition) is 0. The summed E-state index contributed by atoms with van der Waals surface area (Å²) in [4.78, 5) is 6.23. The van der Waals surface area contributed by atoms with Gasteiger partial charge >= 0.3 is 0 Å². The molecule has 0 N–H and O–H groups in total. The van der Waals surface area contributed by atoms with E-state index in [-0.39, 0.29) is 17.3 Å². The topological polar surface area (TPSA) is 93.4 Å². The van der Waals surface area contributed by atoms with E-state index in [9.17, 15) is 5.26 Å². The normalized spacial score (nSPS) is 10.6. The third kappa shape index (κ3) is 3.78. The van der Waals surface area contributed by atoms with Crippen LogP contribution in [0.25, 0.3) is 0 Å². The van der Waals surface area contributed by atoms with Crippen LogP contribution in [0, 0.1) is 22.7 Å². The Balaban J connectivity index is 2.36. The van der Waals surface area contributed by atoms with Crippen molar-refractivity contribution in [2.75, 3.05) is 18.0 Å². The Bertz CT molecular complexity index is 866. The first kappa shape index (κ1) is 18.4. The Morgan fingerprint density at radius 1 is 1.16 bits per heavy atom. The summed E-state index contributed by atoms with van der Waals surface area (Å²) in [6.07, 6.45) is 0. The maximum Gasteiger partial charge on any atom is 0.251 e. The molecular weight excluding hydrogens is 338 g/mol. The molecule has 0 fully saturated rings. The first-order valence-electron chi connectivity index (χ1n) is 7.96. The molecule has 8 heteroatoms. The maximum absolute atomic E-state index is 9.17. The minimum Gasteiger partial charge on any atom is -0.372 e. The highest BCUT2D eigenvalue weighted by atomic mass is 35.5. The van der Waals surface area contributed by atoms with Gasteiger partial charge in [-0.2, -0.15) is 15.5 Å². The first-order valence-corrected chi connectivity index (χ1v) is 8.34. The summed E-state index contributed by atoms with van der Waals surface area (Å²) >= 11 is 6.31. The van der Waals surface area contributed by atoms with Gasteiger partial charge in [-0.15, -0.1) is 10.2 Å². The molecule has 2 aromatic rings. The molecule has 2 rings (SSSR count). The van der Waals surface area contributed by atoms with Gasteiger partial charge in [0.15, 0.2) is 11.4 Å². The van der Waals surface area contributed by atoms with Crippen LogP contribution in [0.1, 0.15) is 32.2 Å². The Kier molecular flexibility index (Phi) is 6.10. The second kappa shape index (κ2) is 8.27. The van der Waals surface area contributed by atoms with Gasteiger partial charge < -0.3 is 4.90 Å². The number of azo groups is 1. The highest BCUT2D eigenvalue weighted by Crippen LogP contribution is 2.31. The number of nitrogens with zero attached hydrogens (tertiary/aromatic N) is 7. The first-order chi connectivity index (χ1) is 12.1. The van der Waals surface area contributed by atoms with E-state index >= 15 is 0 Å². The van der Waals surface area contributed by atoms with Crippen LogP contribution in [-0.2, 0) is 6.54 Å². The molecule has 0 unspecified atom stereocenters. The van der Waals surface area contributed by atoms with Crippen molar-refractivity contribution in [2.45, 2.75) is 27.3 Å². The number of imidazole rings is 1. The average Bonchev–Trinajstić information content (AvgIpc) is 2.98. The third-order valence-electron chi connectivity index (χ3n) is 3.78. The fraction of sp³-hybridized carbons (Fsp3) is 0.353. The number of aromatic nitrogens is 2. The SMILES string of the molecule is CCN(CC)c1ccc(N=Nc2nc(C#N)c(C#N)n2CC)c(Cl)c1. The van der Waals surface area contributed by atoms with Crippen molar-refractivity contribution in [3.05, 3.63) is 34.6 Å². The minimum atomic E-state index is 0.0429. The quantitative estimate of drug-likeness (QED) is 0.709. The van der Waals surface area contributed by atoms with Gasteiger partial charge in [-0.25, -0.2) is 0 Å². The van der Waals surface area contributed by atoms with E-state index in [1.54, 1.807) is 10.6 Å². The summed E-state index contributed by atoms with van der Waals surface area (Å²) in [6, 6.07) is 9.43. The zero-order valence-corrected chi connectivity index (χ0v) is 15.1. The molecule has 0 bridgehead atoms. The molecular formula is C17H18ClN7. The molecule has 0 saturated carbocycles. The summed E-state index contributed by atoms with van der Waals surface area (Å²) < 4.78 is 1.54. The Morgan fingerprint density at radius 2 is 1.88 bits per heavy atom. The second-order valence-corrected chi connectivity index (χ2v) is 5.49. The molecule has 1 aromatic heterocycles. The van der Waals surface area contributed by atoms with Crippen LogP contribution < -0.4 is 4.90 Å². The van der Waals surface area contributed by atoms with Crippen molar-refractivity contribution < 1.29 is 0 Å². The van der Waals surface area contributed by atoms with Gasteiger partial charge in [0.25, 0.3) is 5.95 Å². The highest BCUT2D eigenvalue weighted by molar-refractivity contribution is 6.33. The number of nitriles is 2. The molecule has 7 nitrogen and oxygen atoms in total. The summed E-state index contributed by atoms with van der Waals surface area (Å²) in [5.41, 5.74) is 1.74. The molecule has 0 aliphatic carbocycles. The van der Waals surface area contributed by atoms with Crippen LogP contribution >= 0.6 is 11.6 Å². The Labute approximate surface area is 151 Å². The van der Waals surface area contributed by atoms with Crippen LogP contribution in [0.15, 0.2) is 28.4 Å². The summed E-state index contributed by atoms with van der Waals surface area (Å²) in [6.45, 7) is 8.23. The van der Waals surface area contributed by atoms with Gasteiger partial charge in [0.2, 0.25) is 0 Å². The van der Waals surface area contributed by atoms with Crippen LogP contribution in [0.3, 0.4) is 0 Å². The van der Waals surface area contributed by atoms with Crippen molar-refractivity contribution in [1.29, 1.82) is 10.5 Å². The van der Waals surface area contributed by atoms with Gasteiger partial charge in [-0.05, 0) is 39.0 Å². The third-order valence-corrected chi connectivity index (χ3v) is 4.09. The van der Waals surface area contributed by atoms with Crippen LogP contribution in [0.2, 0.25) is 5.02 Å². The van der Waals surface area contributed by atoms with Crippen molar-refractivity contribution in [3.8, 4) is 12.1 Å². The maximum atomic E-state index is 9.17. The minimum absolute atomic E-state index is 0.0429. The molecule has 1 heterocycles. The molecule has 1 aromatic carbocycles. The summed E-state index contributed by atoms with van der Waals surface area (Å²) in [7, 11) is 0. The van der Waals surface area contributed by atoms with E-state index in [1.807, 2.05) is 31.2 Å². The van der Waals surface area contributed by atoms with Gasteiger partial charge in [0.05, 0.1) is 5.02 Å². The zero-order valence-electron chi connectivity index (χ0n) is 14.4. The van der Waals surface area contributed by atoms with E-state index in [4.69, 9.17) is 16.9 Å². The van der Waals surface area contributed by atoms with E-state index in [2.05, 4.69) is 34.0 Å². The lowest BCUT2D eigenvalue weighted by atomic mass is 10.2. The molecule has 0 spiro atoms.